The number of ether oxygens (including phenoxy) is 3. The van der Waals surface area contributed by atoms with E-state index in [2.05, 4.69) is 10.2 Å². The number of halogens is 2. The van der Waals surface area contributed by atoms with Gasteiger partial charge in [0.25, 0.3) is 0 Å². The Kier molecular flexibility index (Phi) is 9.47. The maximum absolute atomic E-state index is 15.7. The first-order chi connectivity index (χ1) is 19.2. The fourth-order valence-electron chi connectivity index (χ4n) is 4.96. The number of methoxy groups -OCH3 is 1. The Morgan fingerprint density at radius 3 is 2.15 bits per heavy atom. The number of hydrogen-bond donors (Lipinski definition) is 2. The van der Waals surface area contributed by atoms with Crippen molar-refractivity contribution in [1.82, 2.24) is 4.90 Å². The highest BCUT2D eigenvalue weighted by Crippen LogP contribution is 2.41. The molecule has 40 heavy (non-hydrogen) atoms. The summed E-state index contributed by atoms with van der Waals surface area (Å²) >= 11 is 0. The topological polar surface area (TPSA) is 80.3 Å². The molecule has 0 bridgehead atoms. The van der Waals surface area contributed by atoms with Gasteiger partial charge in [0.2, 0.25) is 0 Å². The third-order valence-electron chi connectivity index (χ3n) is 7.06. The van der Waals surface area contributed by atoms with E-state index in [1.165, 1.54) is 25.3 Å². The van der Waals surface area contributed by atoms with E-state index in [0.717, 1.165) is 16.7 Å². The number of alkyl halides is 1. The van der Waals surface area contributed by atoms with E-state index in [1.807, 2.05) is 26.0 Å². The van der Waals surface area contributed by atoms with E-state index in [0.29, 0.717) is 62.9 Å². The molecular formula is C31H36F2N2O5. The highest BCUT2D eigenvalue weighted by Gasteiger charge is 2.34. The molecule has 0 aromatic heterocycles. The largest absolute Gasteiger partial charge is 0.496 e. The summed E-state index contributed by atoms with van der Waals surface area (Å²) in [7, 11) is 1.41. The van der Waals surface area contributed by atoms with Crippen molar-refractivity contribution in [2.45, 2.75) is 38.9 Å². The minimum Gasteiger partial charge on any atom is -0.496 e. The van der Waals surface area contributed by atoms with Gasteiger partial charge >= 0.3 is 5.97 Å². The molecule has 9 heteroatoms. The molecule has 4 rings (SSSR count). The number of carboxylic acid groups (broad SMARTS) is 1. The highest BCUT2D eigenvalue weighted by molar-refractivity contribution is 5.91. The third-order valence-corrected chi connectivity index (χ3v) is 7.06. The van der Waals surface area contributed by atoms with Crippen LogP contribution in [0.4, 0.5) is 14.5 Å². The van der Waals surface area contributed by atoms with Crippen LogP contribution in [0.2, 0.25) is 0 Å². The van der Waals surface area contributed by atoms with Crippen LogP contribution in [-0.2, 0) is 6.54 Å². The summed E-state index contributed by atoms with van der Waals surface area (Å²) in [5, 5.41) is 12.4. The van der Waals surface area contributed by atoms with Crippen molar-refractivity contribution in [3.05, 3.63) is 71.5 Å². The molecule has 1 heterocycles. The minimum atomic E-state index is -1.39. The molecule has 0 radical (unpaired) electrons. The van der Waals surface area contributed by atoms with Crippen LogP contribution in [0.5, 0.6) is 17.2 Å². The van der Waals surface area contributed by atoms with Crippen LogP contribution in [0.25, 0.3) is 11.1 Å². The first kappa shape index (κ1) is 29.1. The number of hydrogen-bond acceptors (Lipinski definition) is 6. The van der Waals surface area contributed by atoms with E-state index in [-0.39, 0.29) is 23.7 Å². The predicted molar refractivity (Wildman–Crippen MR) is 151 cm³/mol. The van der Waals surface area contributed by atoms with Gasteiger partial charge < -0.3 is 24.6 Å². The molecule has 1 saturated heterocycles. The van der Waals surface area contributed by atoms with E-state index in [4.69, 9.17) is 14.2 Å². The Balaban J connectivity index is 1.43. The summed E-state index contributed by atoms with van der Waals surface area (Å²) in [6.07, 6.45) is 0.712. The highest BCUT2D eigenvalue weighted by atomic mass is 19.1. The Morgan fingerprint density at radius 2 is 1.60 bits per heavy atom. The van der Waals surface area contributed by atoms with E-state index in [1.54, 1.807) is 24.3 Å². The molecule has 7 nitrogen and oxygen atoms in total. The maximum atomic E-state index is 15.7. The van der Waals surface area contributed by atoms with Gasteiger partial charge in [0, 0.05) is 37.9 Å². The molecule has 0 aliphatic carbocycles. The predicted octanol–water partition coefficient (Wildman–Crippen LogP) is 6.41. The standard InChI is InChI=1S/C31H36F2N2O5/c1-4-39-27-16-21(17-28(40-5-2)29(27)22-6-8-23(32)9-7-22)19-35-14-12-31(33,13-15-35)20-34-24-10-11-25(30(36)37)26(18-24)38-3/h6-11,16-18,34H,4-5,12-15,19-20H2,1-3H3,(H,36,37). The average Bonchev–Trinajstić information content (AvgIpc) is 2.94. The molecule has 0 amide bonds. The van der Waals surface area contributed by atoms with Crippen molar-refractivity contribution in [2.75, 3.05) is 45.3 Å². The van der Waals surface area contributed by atoms with Crippen LogP contribution >= 0.6 is 0 Å². The van der Waals surface area contributed by atoms with Gasteiger partial charge in [0.15, 0.2) is 0 Å². The van der Waals surface area contributed by atoms with Gasteiger partial charge in [-0.25, -0.2) is 13.6 Å². The summed E-state index contributed by atoms with van der Waals surface area (Å²) in [6, 6.07) is 14.9. The molecule has 0 atom stereocenters. The Labute approximate surface area is 233 Å². The zero-order valence-corrected chi connectivity index (χ0v) is 23.1. The van der Waals surface area contributed by atoms with Crippen LogP contribution in [0.1, 0.15) is 42.6 Å². The van der Waals surface area contributed by atoms with Crippen LogP contribution in [0.15, 0.2) is 54.6 Å². The molecule has 0 saturated carbocycles. The average molecular weight is 555 g/mol. The number of carbonyl (C=O) groups is 1. The van der Waals surface area contributed by atoms with E-state index >= 15 is 4.39 Å². The Bertz CT molecular complexity index is 1280. The number of nitrogens with zero attached hydrogens (tertiary/aromatic N) is 1. The normalized spacial score (nSPS) is 14.9. The van der Waals surface area contributed by atoms with Crippen molar-refractivity contribution in [3.8, 4) is 28.4 Å². The molecule has 2 N–H and O–H groups in total. The van der Waals surface area contributed by atoms with Gasteiger partial charge in [0.1, 0.15) is 34.3 Å². The van der Waals surface area contributed by atoms with Gasteiger partial charge in [0.05, 0.1) is 25.9 Å². The van der Waals surface area contributed by atoms with E-state index in [9.17, 15) is 14.3 Å². The molecule has 0 spiro atoms. The van der Waals surface area contributed by atoms with Crippen LogP contribution < -0.4 is 19.5 Å². The quantitative estimate of drug-likeness (QED) is 0.268. The zero-order chi connectivity index (χ0) is 28.7. The first-order valence-corrected chi connectivity index (χ1v) is 13.5. The second kappa shape index (κ2) is 13.0. The zero-order valence-electron chi connectivity index (χ0n) is 23.1. The fraction of sp³-hybridized carbons (Fsp3) is 0.387. The maximum Gasteiger partial charge on any atom is 0.339 e. The lowest BCUT2D eigenvalue weighted by Crippen LogP contribution is -2.45. The minimum absolute atomic E-state index is 0.0574. The summed E-state index contributed by atoms with van der Waals surface area (Å²) in [5.74, 6) is 0.172. The molecular weight excluding hydrogens is 518 g/mol. The van der Waals surface area contributed by atoms with Crippen LogP contribution in [0, 0.1) is 5.82 Å². The SMILES string of the molecule is CCOc1cc(CN2CCC(F)(CNc3ccc(C(=O)O)c(OC)c3)CC2)cc(OCC)c1-c1ccc(F)cc1. The summed E-state index contributed by atoms with van der Waals surface area (Å²) in [5.41, 5.74) is 1.86. The monoisotopic (exact) mass is 554 g/mol. The number of rotatable bonds is 12. The first-order valence-electron chi connectivity index (χ1n) is 13.5. The molecule has 1 fully saturated rings. The number of nitrogens with one attached hydrogen (secondary N) is 1. The van der Waals surface area contributed by atoms with Crippen LogP contribution in [0.3, 0.4) is 0 Å². The number of aromatic carboxylic acids is 1. The second-order valence-corrected chi connectivity index (χ2v) is 9.84. The number of likely N-dealkylation sites (tertiary alicyclic amines) is 1. The van der Waals surface area contributed by atoms with Gasteiger partial charge in [-0.1, -0.05) is 12.1 Å². The fourth-order valence-corrected chi connectivity index (χ4v) is 4.96. The number of anilines is 1. The number of piperidine rings is 1. The summed E-state index contributed by atoms with van der Waals surface area (Å²) in [6.45, 7) is 6.65. The van der Waals surface area contributed by atoms with Crippen LogP contribution in [-0.4, -0.2) is 61.6 Å². The smallest absolute Gasteiger partial charge is 0.339 e. The second-order valence-electron chi connectivity index (χ2n) is 9.84. The molecule has 214 valence electrons. The molecule has 1 aliphatic rings. The molecule has 0 unspecified atom stereocenters. The Morgan fingerprint density at radius 1 is 0.975 bits per heavy atom. The van der Waals surface area contributed by atoms with Gasteiger partial charge in [-0.15, -0.1) is 0 Å². The van der Waals surface area contributed by atoms with Crippen molar-refractivity contribution in [3.63, 3.8) is 0 Å². The summed E-state index contributed by atoms with van der Waals surface area (Å²) in [4.78, 5) is 13.5. The third kappa shape index (κ3) is 7.01. The van der Waals surface area contributed by atoms with E-state index < -0.39 is 11.6 Å². The van der Waals surface area contributed by atoms with Crippen molar-refractivity contribution >= 4 is 11.7 Å². The van der Waals surface area contributed by atoms with Gasteiger partial charge in [-0.3, -0.25) is 4.90 Å². The van der Waals surface area contributed by atoms with Crippen molar-refractivity contribution in [2.24, 2.45) is 0 Å². The molecule has 3 aromatic carbocycles. The lowest BCUT2D eigenvalue weighted by molar-refractivity contribution is 0.0653. The van der Waals surface area contributed by atoms with Gasteiger partial charge in [-0.2, -0.15) is 0 Å². The van der Waals surface area contributed by atoms with Crippen molar-refractivity contribution < 1.29 is 32.9 Å². The van der Waals surface area contributed by atoms with Crippen molar-refractivity contribution in [1.29, 1.82) is 0 Å². The lowest BCUT2D eigenvalue weighted by atomic mass is 9.92. The van der Waals surface area contributed by atoms with Gasteiger partial charge in [-0.05, 0) is 74.2 Å². The Hall–Kier alpha value is -3.85. The summed E-state index contributed by atoms with van der Waals surface area (Å²) < 4.78 is 46.4. The number of benzene rings is 3. The number of carboxylic acids is 1. The lowest BCUT2D eigenvalue weighted by Gasteiger charge is -2.37. The molecule has 1 aliphatic heterocycles. The molecule has 3 aromatic rings.